The number of piperidine rings is 1. The summed E-state index contributed by atoms with van der Waals surface area (Å²) in [5.74, 6) is 0.185. The van der Waals surface area contributed by atoms with Crippen LogP contribution < -0.4 is 10.3 Å². The molecule has 0 atom stereocenters. The molecule has 1 N–H and O–H groups in total. The Balaban J connectivity index is 1.58. The van der Waals surface area contributed by atoms with E-state index < -0.39 is 0 Å². The van der Waals surface area contributed by atoms with Gasteiger partial charge in [0.25, 0.3) is 5.91 Å². The van der Waals surface area contributed by atoms with E-state index in [2.05, 4.69) is 10.4 Å². The summed E-state index contributed by atoms with van der Waals surface area (Å²) in [4.78, 5) is 26.4. The van der Waals surface area contributed by atoms with Gasteiger partial charge in [0, 0.05) is 49.8 Å². The number of nitrogens with one attached hydrogen (secondary N) is 1. The fraction of sp³-hybridized carbons (Fsp3) is 0.526. The molecule has 134 valence electrons. The fourth-order valence-corrected chi connectivity index (χ4v) is 3.38. The van der Waals surface area contributed by atoms with Gasteiger partial charge in [-0.1, -0.05) is 0 Å². The third-order valence-corrected chi connectivity index (χ3v) is 4.89. The number of rotatable bonds is 4. The molecule has 2 aliphatic rings. The molecular weight excluding hydrogens is 316 g/mol. The van der Waals surface area contributed by atoms with Crippen molar-refractivity contribution in [2.24, 2.45) is 11.0 Å². The van der Waals surface area contributed by atoms with Gasteiger partial charge in [-0.25, -0.2) is 0 Å². The Morgan fingerprint density at radius 2 is 1.84 bits per heavy atom. The zero-order valence-corrected chi connectivity index (χ0v) is 15.0. The van der Waals surface area contributed by atoms with E-state index in [1.54, 1.807) is 0 Å². The highest BCUT2D eigenvalue weighted by Gasteiger charge is 2.27. The Morgan fingerprint density at radius 3 is 2.40 bits per heavy atom. The zero-order valence-electron chi connectivity index (χ0n) is 15.0. The average molecular weight is 342 g/mol. The van der Waals surface area contributed by atoms with E-state index in [1.165, 1.54) is 0 Å². The van der Waals surface area contributed by atoms with E-state index in [0.717, 1.165) is 37.2 Å². The third-order valence-electron chi connectivity index (χ3n) is 4.89. The summed E-state index contributed by atoms with van der Waals surface area (Å²) < 4.78 is 0. The molecule has 1 aromatic rings. The van der Waals surface area contributed by atoms with Gasteiger partial charge in [0.1, 0.15) is 0 Å². The van der Waals surface area contributed by atoms with Crippen LogP contribution in [0.4, 0.5) is 5.69 Å². The second-order valence-corrected chi connectivity index (χ2v) is 6.72. The first-order valence-corrected chi connectivity index (χ1v) is 9.07. The first kappa shape index (κ1) is 17.5. The molecular formula is C19H26N4O2. The highest BCUT2D eigenvalue weighted by atomic mass is 16.2. The number of hydrazone groups is 1. The Morgan fingerprint density at radius 1 is 1.16 bits per heavy atom. The largest absolute Gasteiger partial charge is 0.356 e. The zero-order chi connectivity index (χ0) is 17.8. The maximum absolute atomic E-state index is 12.7. The third kappa shape index (κ3) is 4.00. The van der Waals surface area contributed by atoms with Crippen molar-refractivity contribution in [3.05, 3.63) is 29.8 Å². The monoisotopic (exact) mass is 342 g/mol. The molecule has 25 heavy (non-hydrogen) atoms. The van der Waals surface area contributed by atoms with Crippen molar-refractivity contribution in [3.8, 4) is 0 Å². The normalized spacial score (nSPS) is 18.2. The molecule has 0 unspecified atom stereocenters. The second kappa shape index (κ2) is 7.68. The number of likely N-dealkylation sites (tertiary alicyclic amines) is 1. The van der Waals surface area contributed by atoms with Crippen molar-refractivity contribution in [2.75, 3.05) is 31.2 Å². The van der Waals surface area contributed by atoms with Crippen molar-refractivity contribution in [3.63, 3.8) is 0 Å². The van der Waals surface area contributed by atoms with Crippen molar-refractivity contribution in [1.29, 1.82) is 0 Å². The van der Waals surface area contributed by atoms with Crippen LogP contribution in [-0.2, 0) is 4.79 Å². The van der Waals surface area contributed by atoms with Gasteiger partial charge in [-0.2, -0.15) is 5.10 Å². The number of amides is 2. The van der Waals surface area contributed by atoms with Crippen LogP contribution in [-0.4, -0.2) is 48.6 Å². The van der Waals surface area contributed by atoms with Crippen LogP contribution >= 0.6 is 0 Å². The van der Waals surface area contributed by atoms with Crippen LogP contribution in [0.3, 0.4) is 0 Å². The molecule has 0 bridgehead atoms. The van der Waals surface area contributed by atoms with E-state index in [4.69, 9.17) is 0 Å². The maximum atomic E-state index is 12.7. The molecule has 2 amide bonds. The molecule has 6 heteroatoms. The van der Waals surface area contributed by atoms with E-state index in [9.17, 15) is 9.59 Å². The highest BCUT2D eigenvalue weighted by Crippen LogP contribution is 2.22. The summed E-state index contributed by atoms with van der Waals surface area (Å²) in [6, 6.07) is 7.65. The summed E-state index contributed by atoms with van der Waals surface area (Å²) in [6.45, 7) is 6.78. The van der Waals surface area contributed by atoms with E-state index in [0.29, 0.717) is 25.2 Å². The van der Waals surface area contributed by atoms with Gasteiger partial charge in [0.2, 0.25) is 5.91 Å². The van der Waals surface area contributed by atoms with Crippen LogP contribution in [0.2, 0.25) is 0 Å². The summed E-state index contributed by atoms with van der Waals surface area (Å²) in [5, 5.41) is 9.32. The molecule has 0 aliphatic carbocycles. The van der Waals surface area contributed by atoms with E-state index in [1.807, 2.05) is 48.0 Å². The number of hydrogen-bond acceptors (Lipinski definition) is 4. The molecule has 0 spiro atoms. The van der Waals surface area contributed by atoms with Gasteiger partial charge < -0.3 is 10.2 Å². The average Bonchev–Trinajstić information content (AvgIpc) is 3.08. The van der Waals surface area contributed by atoms with Crippen LogP contribution in [0.1, 0.15) is 43.5 Å². The van der Waals surface area contributed by atoms with Crippen LogP contribution in [0.25, 0.3) is 0 Å². The fourth-order valence-electron chi connectivity index (χ4n) is 3.38. The predicted molar refractivity (Wildman–Crippen MR) is 98.8 cm³/mol. The van der Waals surface area contributed by atoms with Gasteiger partial charge in [0.15, 0.2) is 0 Å². The molecule has 2 heterocycles. The summed E-state index contributed by atoms with van der Waals surface area (Å²) in [7, 11) is 0. The van der Waals surface area contributed by atoms with E-state index >= 15 is 0 Å². The molecule has 0 radical (unpaired) electrons. The molecule has 3 rings (SSSR count). The van der Waals surface area contributed by atoms with Crippen molar-refractivity contribution >= 4 is 23.2 Å². The minimum absolute atomic E-state index is 0.0302. The van der Waals surface area contributed by atoms with Crippen LogP contribution in [0.15, 0.2) is 29.4 Å². The Bertz CT molecular complexity index is 661. The summed E-state index contributed by atoms with van der Waals surface area (Å²) >= 11 is 0. The Kier molecular flexibility index (Phi) is 5.36. The van der Waals surface area contributed by atoms with Gasteiger partial charge in [-0.05, 0) is 51.0 Å². The van der Waals surface area contributed by atoms with Crippen molar-refractivity contribution in [2.45, 2.75) is 33.1 Å². The lowest BCUT2D eigenvalue weighted by Crippen LogP contribution is -2.43. The molecule has 0 saturated carbocycles. The number of nitrogens with zero attached hydrogens (tertiary/aromatic N) is 3. The lowest BCUT2D eigenvalue weighted by Gasteiger charge is -2.31. The topological polar surface area (TPSA) is 65.0 Å². The standard InChI is InChI=1S/C19H26N4O2/c1-3-20-18(24)15-9-11-22(12-10-15)19(25)16-4-6-17(7-5-16)23-13-8-14(2)21-23/h4-7,15H,3,8-13H2,1-2H3,(H,20,24). The number of hydrogen-bond donors (Lipinski definition) is 1. The predicted octanol–water partition coefficient (Wildman–Crippen LogP) is 2.26. The first-order chi connectivity index (χ1) is 12.1. The molecule has 6 nitrogen and oxygen atoms in total. The lowest BCUT2D eigenvalue weighted by atomic mass is 9.95. The lowest BCUT2D eigenvalue weighted by molar-refractivity contribution is -0.126. The quantitative estimate of drug-likeness (QED) is 0.913. The Hall–Kier alpha value is -2.37. The molecule has 2 aliphatic heterocycles. The van der Waals surface area contributed by atoms with Gasteiger partial charge in [-0.3, -0.25) is 14.6 Å². The number of carbonyl (C=O) groups is 2. The van der Waals surface area contributed by atoms with Crippen LogP contribution in [0.5, 0.6) is 0 Å². The van der Waals surface area contributed by atoms with Crippen molar-refractivity contribution in [1.82, 2.24) is 10.2 Å². The van der Waals surface area contributed by atoms with Gasteiger partial charge >= 0.3 is 0 Å². The Labute approximate surface area is 148 Å². The smallest absolute Gasteiger partial charge is 0.253 e. The SMILES string of the molecule is CCNC(=O)C1CCN(C(=O)c2ccc(N3CCC(C)=N3)cc2)CC1. The second-order valence-electron chi connectivity index (χ2n) is 6.72. The minimum atomic E-state index is 0.0302. The highest BCUT2D eigenvalue weighted by molar-refractivity contribution is 5.95. The number of anilines is 1. The summed E-state index contributed by atoms with van der Waals surface area (Å²) in [6.07, 6.45) is 2.45. The first-order valence-electron chi connectivity index (χ1n) is 9.07. The maximum Gasteiger partial charge on any atom is 0.253 e. The summed E-state index contributed by atoms with van der Waals surface area (Å²) in [5.41, 5.74) is 2.85. The molecule has 1 fully saturated rings. The van der Waals surface area contributed by atoms with E-state index in [-0.39, 0.29) is 17.7 Å². The molecule has 1 aromatic carbocycles. The van der Waals surface area contributed by atoms with Gasteiger partial charge in [-0.15, -0.1) is 0 Å². The van der Waals surface area contributed by atoms with Gasteiger partial charge in [0.05, 0.1) is 5.69 Å². The molecule has 0 aromatic heterocycles. The minimum Gasteiger partial charge on any atom is -0.356 e. The van der Waals surface area contributed by atoms with Crippen LogP contribution in [0, 0.1) is 5.92 Å². The number of benzene rings is 1. The molecule has 1 saturated heterocycles. The van der Waals surface area contributed by atoms with Crippen molar-refractivity contribution < 1.29 is 9.59 Å². The number of carbonyl (C=O) groups excluding carboxylic acids is 2.